The van der Waals surface area contributed by atoms with Gasteiger partial charge >= 0.3 is 5.97 Å². The van der Waals surface area contributed by atoms with Crippen molar-refractivity contribution in [2.24, 2.45) is 0 Å². The number of rotatable bonds is 9. The Labute approximate surface area is 136 Å². The van der Waals surface area contributed by atoms with Crippen LogP contribution in [0.3, 0.4) is 0 Å². The summed E-state index contributed by atoms with van der Waals surface area (Å²) >= 11 is 3.42. The monoisotopic (exact) mass is 327 g/mol. The maximum Gasteiger partial charge on any atom is 0.338 e. The lowest BCUT2D eigenvalue weighted by molar-refractivity contribution is 0.0694. The van der Waals surface area contributed by atoms with Gasteiger partial charge in [-0.25, -0.2) is 4.79 Å². The lowest BCUT2D eigenvalue weighted by Gasteiger charge is -2.30. The molecule has 1 aromatic carbocycles. The van der Waals surface area contributed by atoms with E-state index in [9.17, 15) is 9.90 Å². The number of hydrogen-bond donors (Lipinski definition) is 2. The SMILES string of the molecule is CCSc1cccc(NCC(CC)(CC)SC)c1C(=O)O. The van der Waals surface area contributed by atoms with E-state index in [1.54, 1.807) is 11.8 Å². The van der Waals surface area contributed by atoms with Gasteiger partial charge in [-0.1, -0.05) is 26.8 Å². The first-order chi connectivity index (χ1) is 10.0. The highest BCUT2D eigenvalue weighted by atomic mass is 32.2. The number of benzene rings is 1. The van der Waals surface area contributed by atoms with Gasteiger partial charge in [-0.05, 0) is 37.0 Å². The number of carboxylic acid groups (broad SMARTS) is 1. The van der Waals surface area contributed by atoms with Crippen molar-refractivity contribution in [1.82, 2.24) is 0 Å². The molecule has 0 radical (unpaired) electrons. The number of carboxylic acids is 1. The summed E-state index contributed by atoms with van der Waals surface area (Å²) in [6.07, 6.45) is 4.24. The molecule has 0 unspecified atom stereocenters. The lowest BCUT2D eigenvalue weighted by Crippen LogP contribution is -2.32. The standard InChI is InChI=1S/C16H25NO2S2/c1-5-16(6-2,20-4)11-17-12-9-8-10-13(21-7-3)14(12)15(18)19/h8-10,17H,5-7,11H2,1-4H3,(H,18,19). The van der Waals surface area contributed by atoms with Crippen molar-refractivity contribution in [1.29, 1.82) is 0 Å². The summed E-state index contributed by atoms with van der Waals surface area (Å²) in [7, 11) is 0. The summed E-state index contributed by atoms with van der Waals surface area (Å²) in [5.74, 6) is -0.000581. The van der Waals surface area contributed by atoms with Gasteiger partial charge in [0.05, 0.1) is 5.56 Å². The molecule has 0 aliphatic heterocycles. The van der Waals surface area contributed by atoms with E-state index in [2.05, 4.69) is 25.4 Å². The molecule has 0 atom stereocenters. The fourth-order valence-electron chi connectivity index (χ4n) is 2.29. The molecule has 0 bridgehead atoms. The first-order valence-corrected chi connectivity index (χ1v) is 9.52. The van der Waals surface area contributed by atoms with Crippen LogP contribution >= 0.6 is 23.5 Å². The maximum absolute atomic E-state index is 11.6. The second kappa shape index (κ2) is 8.59. The molecule has 2 N–H and O–H groups in total. The van der Waals surface area contributed by atoms with E-state index in [0.717, 1.165) is 35.7 Å². The van der Waals surface area contributed by atoms with Gasteiger partial charge in [0.1, 0.15) is 0 Å². The van der Waals surface area contributed by atoms with Gasteiger partial charge in [-0.3, -0.25) is 0 Å². The van der Waals surface area contributed by atoms with Crippen LogP contribution in [-0.4, -0.2) is 34.4 Å². The van der Waals surface area contributed by atoms with Crippen molar-refractivity contribution in [3.05, 3.63) is 23.8 Å². The predicted octanol–water partition coefficient (Wildman–Crippen LogP) is 4.83. The molecule has 1 rings (SSSR count). The van der Waals surface area contributed by atoms with Gasteiger partial charge in [0.25, 0.3) is 0 Å². The van der Waals surface area contributed by atoms with Crippen molar-refractivity contribution in [3.63, 3.8) is 0 Å². The third kappa shape index (κ3) is 4.58. The number of nitrogens with one attached hydrogen (secondary N) is 1. The zero-order chi connectivity index (χ0) is 15.9. The molecule has 118 valence electrons. The van der Waals surface area contributed by atoms with Gasteiger partial charge in [-0.15, -0.1) is 11.8 Å². The predicted molar refractivity (Wildman–Crippen MR) is 95.1 cm³/mol. The fourth-order valence-corrected chi connectivity index (χ4v) is 3.91. The Hall–Kier alpha value is -0.810. The van der Waals surface area contributed by atoms with Crippen molar-refractivity contribution < 1.29 is 9.90 Å². The van der Waals surface area contributed by atoms with Gasteiger partial charge in [-0.2, -0.15) is 11.8 Å². The fraction of sp³-hybridized carbons (Fsp3) is 0.562. The van der Waals surface area contributed by atoms with E-state index in [-0.39, 0.29) is 4.75 Å². The molecule has 0 aliphatic rings. The molecule has 0 aromatic heterocycles. The third-order valence-electron chi connectivity index (χ3n) is 3.86. The van der Waals surface area contributed by atoms with Crippen LogP contribution in [0.1, 0.15) is 44.0 Å². The summed E-state index contributed by atoms with van der Waals surface area (Å²) in [5.41, 5.74) is 1.12. The first-order valence-electron chi connectivity index (χ1n) is 7.31. The number of carbonyl (C=O) groups is 1. The van der Waals surface area contributed by atoms with Gasteiger partial charge in [0.2, 0.25) is 0 Å². The highest BCUT2D eigenvalue weighted by Gasteiger charge is 2.25. The molecular weight excluding hydrogens is 302 g/mol. The molecule has 0 saturated carbocycles. The Morgan fingerprint density at radius 1 is 1.29 bits per heavy atom. The molecule has 0 aliphatic carbocycles. The van der Waals surface area contributed by atoms with Crippen molar-refractivity contribution >= 4 is 35.2 Å². The van der Waals surface area contributed by atoms with E-state index in [1.165, 1.54) is 0 Å². The topological polar surface area (TPSA) is 49.3 Å². The molecule has 1 aromatic rings. The minimum absolute atomic E-state index is 0.156. The van der Waals surface area contributed by atoms with Crippen molar-refractivity contribution in [2.45, 2.75) is 43.3 Å². The molecular formula is C16H25NO2S2. The zero-order valence-corrected chi connectivity index (χ0v) is 14.9. The Morgan fingerprint density at radius 2 is 1.95 bits per heavy atom. The van der Waals surface area contributed by atoms with Crippen molar-refractivity contribution in [2.75, 3.05) is 23.9 Å². The van der Waals surface area contributed by atoms with Crippen LogP contribution in [0.4, 0.5) is 5.69 Å². The highest BCUT2D eigenvalue weighted by molar-refractivity contribution is 8.00. The molecule has 0 heterocycles. The van der Waals surface area contributed by atoms with E-state index in [1.807, 2.05) is 36.9 Å². The average molecular weight is 328 g/mol. The molecule has 3 nitrogen and oxygen atoms in total. The lowest BCUT2D eigenvalue weighted by atomic mass is 10.0. The van der Waals surface area contributed by atoms with Crippen LogP contribution < -0.4 is 5.32 Å². The summed E-state index contributed by atoms with van der Waals surface area (Å²) in [4.78, 5) is 12.4. The van der Waals surface area contributed by atoms with Crippen LogP contribution in [0.25, 0.3) is 0 Å². The van der Waals surface area contributed by atoms with Crippen LogP contribution in [0, 0.1) is 0 Å². The number of aromatic carboxylic acids is 1. The maximum atomic E-state index is 11.6. The number of thioether (sulfide) groups is 2. The first kappa shape index (κ1) is 18.2. The molecule has 0 saturated heterocycles. The molecule has 0 fully saturated rings. The zero-order valence-electron chi connectivity index (χ0n) is 13.2. The minimum Gasteiger partial charge on any atom is -0.478 e. The second-order valence-electron chi connectivity index (χ2n) is 4.86. The van der Waals surface area contributed by atoms with Crippen LogP contribution in [-0.2, 0) is 0 Å². The number of hydrogen-bond acceptors (Lipinski definition) is 4. The highest BCUT2D eigenvalue weighted by Crippen LogP contribution is 2.33. The van der Waals surface area contributed by atoms with Gasteiger partial charge in [0, 0.05) is 21.9 Å². The van der Waals surface area contributed by atoms with E-state index >= 15 is 0 Å². The van der Waals surface area contributed by atoms with Crippen LogP contribution in [0.5, 0.6) is 0 Å². The molecule has 0 amide bonds. The Bertz CT molecular complexity index is 465. The van der Waals surface area contributed by atoms with Gasteiger partial charge in [0.15, 0.2) is 0 Å². The smallest absolute Gasteiger partial charge is 0.338 e. The molecule has 0 spiro atoms. The Morgan fingerprint density at radius 3 is 2.43 bits per heavy atom. The van der Waals surface area contributed by atoms with E-state index in [0.29, 0.717) is 5.56 Å². The van der Waals surface area contributed by atoms with E-state index < -0.39 is 5.97 Å². The Kier molecular flexibility index (Phi) is 7.46. The summed E-state index contributed by atoms with van der Waals surface area (Å²) in [5, 5.41) is 12.9. The van der Waals surface area contributed by atoms with E-state index in [4.69, 9.17) is 0 Å². The normalized spacial score (nSPS) is 11.4. The summed E-state index contributed by atoms with van der Waals surface area (Å²) < 4.78 is 0.156. The van der Waals surface area contributed by atoms with Gasteiger partial charge < -0.3 is 10.4 Å². The Balaban J connectivity index is 3.02. The number of anilines is 1. The van der Waals surface area contributed by atoms with Crippen LogP contribution in [0.15, 0.2) is 23.1 Å². The van der Waals surface area contributed by atoms with Crippen LogP contribution in [0.2, 0.25) is 0 Å². The largest absolute Gasteiger partial charge is 0.478 e. The molecule has 5 heteroatoms. The summed E-state index contributed by atoms with van der Waals surface area (Å²) in [6, 6.07) is 5.66. The third-order valence-corrected chi connectivity index (χ3v) is 6.39. The molecule has 21 heavy (non-hydrogen) atoms. The quantitative estimate of drug-likeness (QED) is 0.636. The second-order valence-corrected chi connectivity index (χ2v) is 7.44. The average Bonchev–Trinajstić information content (AvgIpc) is 2.49. The summed E-state index contributed by atoms with van der Waals surface area (Å²) in [6.45, 7) is 7.18. The van der Waals surface area contributed by atoms with Crippen molar-refractivity contribution in [3.8, 4) is 0 Å². The minimum atomic E-state index is -0.864.